The Bertz CT molecular complexity index is 603. The highest BCUT2D eigenvalue weighted by molar-refractivity contribution is 9.10. The second kappa shape index (κ2) is 5.77. The molecule has 0 saturated carbocycles. The maximum Gasteiger partial charge on any atom is 0.258 e. The second-order valence-electron chi connectivity index (χ2n) is 3.63. The molecule has 2 rings (SSSR count). The Kier molecular flexibility index (Phi) is 4.08. The van der Waals surface area contributed by atoms with Gasteiger partial charge in [-0.05, 0) is 30.3 Å². The van der Waals surface area contributed by atoms with Crippen LogP contribution in [0.1, 0.15) is 10.4 Å². The molecule has 19 heavy (non-hydrogen) atoms. The zero-order valence-corrected chi connectivity index (χ0v) is 11.2. The molecule has 0 fully saturated rings. The molecule has 5 nitrogen and oxygen atoms in total. The third-order valence-electron chi connectivity index (χ3n) is 2.37. The van der Waals surface area contributed by atoms with Gasteiger partial charge < -0.3 is 10.7 Å². The highest BCUT2D eigenvalue weighted by atomic mass is 79.9. The number of anilines is 2. The summed E-state index contributed by atoms with van der Waals surface area (Å²) >= 11 is 3.28. The van der Waals surface area contributed by atoms with Crippen LogP contribution >= 0.6 is 15.9 Å². The maximum absolute atomic E-state index is 13.8. The molecule has 1 heterocycles. The van der Waals surface area contributed by atoms with Crippen LogP contribution < -0.4 is 16.6 Å². The molecule has 7 heteroatoms. The average Bonchev–Trinajstić information content (AvgIpc) is 2.41. The molecule has 0 atom stereocenters. The van der Waals surface area contributed by atoms with Gasteiger partial charge in [-0.3, -0.25) is 4.79 Å². The van der Waals surface area contributed by atoms with Crippen molar-refractivity contribution in [2.75, 3.05) is 10.7 Å². The SMILES string of the molecule is NNc1nccc(C(=O)Nc2ccc(Br)cc2)c1F. The van der Waals surface area contributed by atoms with Gasteiger partial charge in [0, 0.05) is 16.4 Å². The van der Waals surface area contributed by atoms with Crippen molar-refractivity contribution in [3.05, 3.63) is 52.4 Å². The van der Waals surface area contributed by atoms with E-state index in [1.807, 2.05) is 0 Å². The normalized spacial score (nSPS) is 10.1. The first kappa shape index (κ1) is 13.4. The molecule has 0 bridgehead atoms. The van der Waals surface area contributed by atoms with Crippen LogP contribution in [0.2, 0.25) is 0 Å². The number of hydrazine groups is 1. The number of rotatable bonds is 3. The number of nitrogens with zero attached hydrogens (tertiary/aromatic N) is 1. The summed E-state index contributed by atoms with van der Waals surface area (Å²) in [5, 5.41) is 2.58. The Morgan fingerprint density at radius 1 is 1.26 bits per heavy atom. The summed E-state index contributed by atoms with van der Waals surface area (Å²) in [6.45, 7) is 0. The highest BCUT2D eigenvalue weighted by Crippen LogP contribution is 2.18. The second-order valence-corrected chi connectivity index (χ2v) is 4.54. The van der Waals surface area contributed by atoms with Crippen LogP contribution in [0.15, 0.2) is 41.0 Å². The van der Waals surface area contributed by atoms with Crippen LogP contribution in [0.5, 0.6) is 0 Å². The number of hydrogen-bond acceptors (Lipinski definition) is 4. The van der Waals surface area contributed by atoms with Crippen molar-refractivity contribution >= 4 is 33.3 Å². The molecule has 0 saturated heterocycles. The Morgan fingerprint density at radius 2 is 1.95 bits per heavy atom. The van der Waals surface area contributed by atoms with E-state index in [4.69, 9.17) is 5.84 Å². The quantitative estimate of drug-likeness (QED) is 0.598. The third-order valence-corrected chi connectivity index (χ3v) is 2.90. The fourth-order valence-corrected chi connectivity index (χ4v) is 1.72. The van der Waals surface area contributed by atoms with Crippen molar-refractivity contribution in [2.24, 2.45) is 5.84 Å². The van der Waals surface area contributed by atoms with Gasteiger partial charge in [0.15, 0.2) is 11.6 Å². The molecular weight excluding hydrogens is 315 g/mol. The number of halogens is 2. The number of nitrogen functional groups attached to an aromatic ring is 1. The molecule has 2 aromatic rings. The number of nitrogens with one attached hydrogen (secondary N) is 2. The molecule has 4 N–H and O–H groups in total. The van der Waals surface area contributed by atoms with E-state index in [9.17, 15) is 9.18 Å². The molecule has 0 spiro atoms. The number of carbonyl (C=O) groups is 1. The van der Waals surface area contributed by atoms with E-state index >= 15 is 0 Å². The minimum atomic E-state index is -0.792. The summed E-state index contributed by atoms with van der Waals surface area (Å²) in [5.41, 5.74) is 2.52. The van der Waals surface area contributed by atoms with Crippen LogP contribution in [-0.2, 0) is 0 Å². The van der Waals surface area contributed by atoms with Gasteiger partial charge in [0.1, 0.15) is 0 Å². The van der Waals surface area contributed by atoms with Crippen molar-refractivity contribution in [3.8, 4) is 0 Å². The van der Waals surface area contributed by atoms with Gasteiger partial charge in [0.25, 0.3) is 5.91 Å². The van der Waals surface area contributed by atoms with Gasteiger partial charge in [-0.1, -0.05) is 15.9 Å². The lowest BCUT2D eigenvalue weighted by atomic mass is 10.2. The summed E-state index contributed by atoms with van der Waals surface area (Å²) < 4.78 is 14.7. The van der Waals surface area contributed by atoms with Crippen molar-refractivity contribution < 1.29 is 9.18 Å². The van der Waals surface area contributed by atoms with Crippen LogP contribution in [0, 0.1) is 5.82 Å². The fourth-order valence-electron chi connectivity index (χ4n) is 1.45. The Morgan fingerprint density at radius 3 is 2.58 bits per heavy atom. The lowest BCUT2D eigenvalue weighted by Crippen LogP contribution is -2.17. The molecule has 0 aliphatic heterocycles. The molecule has 0 aliphatic carbocycles. The van der Waals surface area contributed by atoms with E-state index in [2.05, 4.69) is 31.7 Å². The highest BCUT2D eigenvalue weighted by Gasteiger charge is 2.15. The topological polar surface area (TPSA) is 80.0 Å². The van der Waals surface area contributed by atoms with Crippen LogP contribution in [0.4, 0.5) is 15.9 Å². The molecule has 98 valence electrons. The van der Waals surface area contributed by atoms with Crippen LogP contribution in [-0.4, -0.2) is 10.9 Å². The minimum absolute atomic E-state index is 0.133. The summed E-state index contributed by atoms with van der Waals surface area (Å²) in [6, 6.07) is 8.22. The summed E-state index contributed by atoms with van der Waals surface area (Å²) in [5.74, 6) is 3.56. The predicted molar refractivity (Wildman–Crippen MR) is 74.1 cm³/mol. The zero-order chi connectivity index (χ0) is 13.8. The van der Waals surface area contributed by atoms with Gasteiger partial charge in [-0.15, -0.1) is 0 Å². The Hall–Kier alpha value is -1.99. The Labute approximate surface area is 117 Å². The lowest BCUT2D eigenvalue weighted by Gasteiger charge is -2.08. The summed E-state index contributed by atoms with van der Waals surface area (Å²) in [4.78, 5) is 15.6. The number of benzene rings is 1. The molecule has 1 aromatic carbocycles. The molecule has 0 aliphatic rings. The van der Waals surface area contributed by atoms with Gasteiger partial charge in [-0.2, -0.15) is 0 Å². The standard InChI is InChI=1S/C12H10BrFN4O/c13-7-1-3-8(4-2-7)17-12(19)9-5-6-16-11(18-15)10(9)14/h1-6H,15H2,(H,16,18)(H,17,19). The zero-order valence-electron chi connectivity index (χ0n) is 9.65. The molecule has 0 unspecified atom stereocenters. The number of carbonyl (C=O) groups excluding carboxylic acids is 1. The molecule has 1 amide bonds. The number of aromatic nitrogens is 1. The van der Waals surface area contributed by atoms with Crippen LogP contribution in [0.3, 0.4) is 0 Å². The summed E-state index contributed by atoms with van der Waals surface area (Å²) in [7, 11) is 0. The smallest absolute Gasteiger partial charge is 0.258 e. The van der Waals surface area contributed by atoms with Crippen molar-refractivity contribution in [3.63, 3.8) is 0 Å². The predicted octanol–water partition coefficient (Wildman–Crippen LogP) is 2.52. The van der Waals surface area contributed by atoms with Crippen molar-refractivity contribution in [1.29, 1.82) is 0 Å². The van der Waals surface area contributed by atoms with Crippen molar-refractivity contribution in [2.45, 2.75) is 0 Å². The molecule has 0 radical (unpaired) electrons. The number of amides is 1. The number of pyridine rings is 1. The maximum atomic E-state index is 13.8. The molecular formula is C12H10BrFN4O. The number of hydrogen-bond donors (Lipinski definition) is 3. The third kappa shape index (κ3) is 3.07. The van der Waals surface area contributed by atoms with Gasteiger partial charge in [-0.25, -0.2) is 15.2 Å². The van der Waals surface area contributed by atoms with Gasteiger partial charge in [0.2, 0.25) is 0 Å². The van der Waals surface area contributed by atoms with E-state index in [1.165, 1.54) is 12.3 Å². The first-order chi connectivity index (χ1) is 9.11. The van der Waals surface area contributed by atoms with Gasteiger partial charge >= 0.3 is 0 Å². The van der Waals surface area contributed by atoms with Gasteiger partial charge in [0.05, 0.1) is 5.56 Å². The monoisotopic (exact) mass is 324 g/mol. The van der Waals surface area contributed by atoms with E-state index in [1.54, 1.807) is 24.3 Å². The number of nitrogens with two attached hydrogens (primary N) is 1. The Balaban J connectivity index is 2.23. The minimum Gasteiger partial charge on any atom is -0.322 e. The lowest BCUT2D eigenvalue weighted by molar-refractivity contribution is 0.102. The first-order valence-corrected chi connectivity index (χ1v) is 6.09. The van der Waals surface area contributed by atoms with E-state index in [0.29, 0.717) is 5.69 Å². The fraction of sp³-hybridized carbons (Fsp3) is 0. The summed E-state index contributed by atoms with van der Waals surface area (Å²) in [6.07, 6.45) is 1.30. The van der Waals surface area contributed by atoms with E-state index < -0.39 is 11.7 Å². The first-order valence-electron chi connectivity index (χ1n) is 5.30. The van der Waals surface area contributed by atoms with Crippen LogP contribution in [0.25, 0.3) is 0 Å². The van der Waals surface area contributed by atoms with Crippen molar-refractivity contribution in [1.82, 2.24) is 4.98 Å². The largest absolute Gasteiger partial charge is 0.322 e. The van der Waals surface area contributed by atoms with E-state index in [-0.39, 0.29) is 11.4 Å². The molecule has 1 aromatic heterocycles. The van der Waals surface area contributed by atoms with E-state index in [0.717, 1.165) is 4.47 Å². The average molecular weight is 325 g/mol.